The maximum atomic E-state index is 12.1. The van der Waals surface area contributed by atoms with Gasteiger partial charge in [-0.25, -0.2) is 4.98 Å². The molecule has 0 saturated heterocycles. The van der Waals surface area contributed by atoms with Crippen molar-refractivity contribution in [2.45, 2.75) is 20.0 Å². The van der Waals surface area contributed by atoms with Gasteiger partial charge in [-0.2, -0.15) is 0 Å². The molecule has 0 N–H and O–H groups in total. The zero-order valence-corrected chi connectivity index (χ0v) is 16.3. The van der Waals surface area contributed by atoms with Crippen LogP contribution in [0.3, 0.4) is 0 Å². The van der Waals surface area contributed by atoms with Crippen molar-refractivity contribution in [3.05, 3.63) is 79.2 Å². The minimum absolute atomic E-state index is 0.00647. The summed E-state index contributed by atoms with van der Waals surface area (Å²) in [7, 11) is 0. The molecule has 1 heterocycles. The maximum Gasteiger partial charge on any atom is 0.317 e. The molecule has 0 radical (unpaired) electrons. The van der Waals surface area contributed by atoms with Crippen molar-refractivity contribution in [3.63, 3.8) is 0 Å². The predicted octanol–water partition coefficient (Wildman–Crippen LogP) is 4.74. The van der Waals surface area contributed by atoms with Crippen molar-refractivity contribution in [3.8, 4) is 11.5 Å². The lowest BCUT2D eigenvalue weighted by atomic mass is 10.2. The van der Waals surface area contributed by atoms with Crippen molar-refractivity contribution < 1.29 is 19.2 Å². The Kier molecular flexibility index (Phi) is 6.23. The number of aryl methyl sites for hydroxylation is 1. The van der Waals surface area contributed by atoms with Crippen LogP contribution in [0.4, 0.5) is 5.69 Å². The van der Waals surface area contributed by atoms with Gasteiger partial charge in [-0.05, 0) is 43.3 Å². The lowest BCUT2D eigenvalue weighted by Crippen LogP contribution is -2.12. The smallest absolute Gasteiger partial charge is 0.317 e. The Morgan fingerprint density at radius 2 is 1.93 bits per heavy atom. The molecule has 2 aromatic carbocycles. The van der Waals surface area contributed by atoms with Gasteiger partial charge in [0.15, 0.2) is 0 Å². The molecule has 3 rings (SSSR count). The number of carbonyl (C=O) groups is 1. The minimum atomic E-state index is -0.497. The summed E-state index contributed by atoms with van der Waals surface area (Å²) in [4.78, 5) is 26.8. The van der Waals surface area contributed by atoms with E-state index in [0.29, 0.717) is 22.0 Å². The quantitative estimate of drug-likeness (QED) is 0.238. The van der Waals surface area contributed by atoms with Crippen LogP contribution in [0.2, 0.25) is 5.02 Å². The van der Waals surface area contributed by atoms with E-state index < -0.39 is 10.9 Å². The maximum absolute atomic E-state index is 12.1. The topological polar surface area (TPSA) is 91.6 Å². The second-order valence-electron chi connectivity index (χ2n) is 5.83. The van der Waals surface area contributed by atoms with E-state index in [1.807, 2.05) is 0 Å². The Morgan fingerprint density at radius 1 is 1.21 bits per heavy atom. The normalized spacial score (nSPS) is 10.5. The van der Waals surface area contributed by atoms with Crippen molar-refractivity contribution in [1.29, 1.82) is 0 Å². The molecule has 0 amide bonds. The summed E-state index contributed by atoms with van der Waals surface area (Å²) in [6.07, 6.45) is -0.00647. The Labute approximate surface area is 169 Å². The van der Waals surface area contributed by atoms with Crippen LogP contribution < -0.4 is 9.47 Å². The first-order valence-corrected chi connectivity index (χ1v) is 9.44. The third-order valence-corrected chi connectivity index (χ3v) is 4.82. The van der Waals surface area contributed by atoms with E-state index in [2.05, 4.69) is 4.98 Å². The largest absolute Gasteiger partial charge is 0.486 e. The van der Waals surface area contributed by atoms with E-state index in [4.69, 9.17) is 21.1 Å². The number of hydrogen-bond acceptors (Lipinski definition) is 7. The summed E-state index contributed by atoms with van der Waals surface area (Å²) in [5.41, 5.74) is 0.971. The summed E-state index contributed by atoms with van der Waals surface area (Å²) in [6, 6.07) is 11.2. The van der Waals surface area contributed by atoms with E-state index in [1.54, 1.807) is 36.6 Å². The molecule has 0 atom stereocenters. The molecule has 0 aliphatic heterocycles. The highest BCUT2D eigenvalue weighted by molar-refractivity contribution is 7.09. The minimum Gasteiger partial charge on any atom is -0.486 e. The van der Waals surface area contributed by atoms with E-state index in [9.17, 15) is 14.9 Å². The lowest BCUT2D eigenvalue weighted by molar-refractivity contribution is -0.385. The molecule has 0 aliphatic carbocycles. The molecule has 3 aromatic rings. The number of aromatic nitrogens is 1. The fraction of sp³-hybridized carbons (Fsp3) is 0.158. The zero-order chi connectivity index (χ0) is 20.1. The fourth-order valence-electron chi connectivity index (χ4n) is 2.38. The van der Waals surface area contributed by atoms with Crippen molar-refractivity contribution >= 4 is 34.6 Å². The van der Waals surface area contributed by atoms with Crippen LogP contribution in [-0.4, -0.2) is 15.9 Å². The monoisotopic (exact) mass is 418 g/mol. The first-order chi connectivity index (χ1) is 13.4. The van der Waals surface area contributed by atoms with Gasteiger partial charge in [0, 0.05) is 22.0 Å². The molecular weight excluding hydrogens is 404 g/mol. The van der Waals surface area contributed by atoms with Crippen molar-refractivity contribution in [1.82, 2.24) is 4.98 Å². The second-order valence-corrected chi connectivity index (χ2v) is 7.21. The van der Waals surface area contributed by atoms with E-state index >= 15 is 0 Å². The van der Waals surface area contributed by atoms with Crippen LogP contribution in [0.15, 0.2) is 47.8 Å². The van der Waals surface area contributed by atoms with E-state index in [1.165, 1.54) is 29.5 Å². The predicted molar refractivity (Wildman–Crippen MR) is 105 cm³/mol. The SMILES string of the molecule is Cc1cc(OC(=O)Cc2csc(COc3ccc(Cl)cc3)n2)ccc1[N+](=O)[O-]. The van der Waals surface area contributed by atoms with Crippen LogP contribution in [0, 0.1) is 17.0 Å². The van der Waals surface area contributed by atoms with Crippen LogP contribution in [0.5, 0.6) is 11.5 Å². The molecule has 9 heteroatoms. The van der Waals surface area contributed by atoms with Crippen LogP contribution in [0.25, 0.3) is 0 Å². The summed E-state index contributed by atoms with van der Waals surface area (Å²) in [6.45, 7) is 1.87. The summed E-state index contributed by atoms with van der Waals surface area (Å²) in [5, 5.41) is 14.0. The van der Waals surface area contributed by atoms with Gasteiger partial charge in [-0.3, -0.25) is 14.9 Å². The molecule has 7 nitrogen and oxygen atoms in total. The highest BCUT2D eigenvalue weighted by Gasteiger charge is 2.14. The molecule has 28 heavy (non-hydrogen) atoms. The van der Waals surface area contributed by atoms with Gasteiger partial charge in [0.25, 0.3) is 5.69 Å². The number of benzene rings is 2. The van der Waals surface area contributed by atoms with Crippen LogP contribution >= 0.6 is 22.9 Å². The molecule has 0 fully saturated rings. The first-order valence-electron chi connectivity index (χ1n) is 8.18. The number of carbonyl (C=O) groups excluding carboxylic acids is 1. The third-order valence-electron chi connectivity index (χ3n) is 3.70. The number of halogens is 1. The number of nitro benzene ring substituents is 1. The van der Waals surface area contributed by atoms with E-state index in [0.717, 1.165) is 5.01 Å². The lowest BCUT2D eigenvalue weighted by Gasteiger charge is -2.05. The third kappa shape index (κ3) is 5.28. The van der Waals surface area contributed by atoms with Crippen LogP contribution in [0.1, 0.15) is 16.3 Å². The number of nitro groups is 1. The van der Waals surface area contributed by atoms with Crippen molar-refractivity contribution in [2.24, 2.45) is 0 Å². The highest BCUT2D eigenvalue weighted by Crippen LogP contribution is 2.23. The Bertz CT molecular complexity index is 1000. The Hall–Kier alpha value is -2.97. The molecular formula is C19H15ClN2O5S. The summed E-state index contributed by atoms with van der Waals surface area (Å²) in [5.74, 6) is 0.437. The van der Waals surface area contributed by atoms with Crippen LogP contribution in [-0.2, 0) is 17.8 Å². The number of hydrogen-bond donors (Lipinski definition) is 0. The van der Waals surface area contributed by atoms with Gasteiger partial charge in [0.05, 0.1) is 17.0 Å². The van der Waals surface area contributed by atoms with Gasteiger partial charge >= 0.3 is 5.97 Å². The zero-order valence-electron chi connectivity index (χ0n) is 14.8. The number of esters is 1. The van der Waals surface area contributed by atoms with Crippen molar-refractivity contribution in [2.75, 3.05) is 0 Å². The molecule has 144 valence electrons. The molecule has 0 bridgehead atoms. The van der Waals surface area contributed by atoms with Gasteiger partial charge in [-0.15, -0.1) is 11.3 Å². The van der Waals surface area contributed by atoms with Gasteiger partial charge < -0.3 is 9.47 Å². The van der Waals surface area contributed by atoms with Gasteiger partial charge in [-0.1, -0.05) is 11.6 Å². The number of thiazole rings is 1. The number of rotatable bonds is 7. The molecule has 1 aromatic heterocycles. The van der Waals surface area contributed by atoms with Gasteiger partial charge in [0.1, 0.15) is 23.1 Å². The molecule has 0 saturated carbocycles. The fourth-order valence-corrected chi connectivity index (χ4v) is 3.22. The van der Waals surface area contributed by atoms with Gasteiger partial charge in [0.2, 0.25) is 0 Å². The Morgan fingerprint density at radius 3 is 2.61 bits per heavy atom. The first kappa shape index (κ1) is 19.8. The number of ether oxygens (including phenoxy) is 2. The average molecular weight is 419 g/mol. The average Bonchev–Trinajstić information content (AvgIpc) is 3.08. The highest BCUT2D eigenvalue weighted by atomic mass is 35.5. The number of nitrogens with zero attached hydrogens (tertiary/aromatic N) is 2. The molecule has 0 spiro atoms. The Balaban J connectivity index is 1.54. The standard InChI is InChI=1S/C19H15ClN2O5S/c1-12-8-16(6-7-17(12)22(24)25)27-19(23)9-14-11-28-18(21-14)10-26-15-4-2-13(20)3-5-15/h2-8,11H,9-10H2,1H3. The second kappa shape index (κ2) is 8.81. The summed E-state index contributed by atoms with van der Waals surface area (Å²) < 4.78 is 10.9. The molecule has 0 aliphatic rings. The summed E-state index contributed by atoms with van der Waals surface area (Å²) >= 11 is 7.21. The molecule has 0 unspecified atom stereocenters. The van der Waals surface area contributed by atoms with E-state index in [-0.39, 0.29) is 24.5 Å².